The van der Waals surface area contributed by atoms with Crippen LogP contribution in [0.4, 0.5) is 0 Å². The zero-order chi connectivity index (χ0) is 14.5. The topological polar surface area (TPSA) is 15.7 Å². The van der Waals surface area contributed by atoms with Crippen LogP contribution in [0, 0.1) is 0 Å². The molecule has 1 saturated heterocycles. The van der Waals surface area contributed by atoms with Crippen LogP contribution in [0.1, 0.15) is 25.3 Å². The van der Waals surface area contributed by atoms with Crippen molar-refractivity contribution in [2.45, 2.75) is 32.4 Å². The molecule has 0 bridgehead atoms. The molecule has 4 heteroatoms. The van der Waals surface area contributed by atoms with Gasteiger partial charge < -0.3 is 9.64 Å². The van der Waals surface area contributed by atoms with Crippen molar-refractivity contribution < 1.29 is 4.74 Å². The number of likely N-dealkylation sites (N-methyl/N-ethyl adjacent to an activating group) is 1. The summed E-state index contributed by atoms with van der Waals surface area (Å²) in [7, 11) is 3.95. The summed E-state index contributed by atoms with van der Waals surface area (Å²) in [6.07, 6.45) is 2.44. The number of methoxy groups -OCH3 is 1. The lowest BCUT2D eigenvalue weighted by molar-refractivity contribution is 0.175. The lowest BCUT2D eigenvalue weighted by Gasteiger charge is -2.30. The molecule has 1 atom stereocenters. The Hall–Kier alpha value is -0.580. The summed E-state index contributed by atoms with van der Waals surface area (Å²) < 4.78 is 6.52. The summed E-state index contributed by atoms with van der Waals surface area (Å²) in [5, 5.41) is 0. The Kier molecular flexibility index (Phi) is 5.87. The van der Waals surface area contributed by atoms with Crippen LogP contribution in [-0.2, 0) is 6.54 Å². The van der Waals surface area contributed by atoms with Crippen molar-refractivity contribution in [1.29, 1.82) is 0 Å². The number of hydrogen-bond donors (Lipinski definition) is 0. The molecular weight excluding hydrogens is 316 g/mol. The fourth-order valence-corrected chi connectivity index (χ4v) is 3.28. The molecule has 0 amide bonds. The summed E-state index contributed by atoms with van der Waals surface area (Å²) in [6.45, 7) is 6.82. The Morgan fingerprint density at radius 1 is 1.35 bits per heavy atom. The lowest BCUT2D eigenvalue weighted by atomic mass is 10.1. The number of hydrogen-bond acceptors (Lipinski definition) is 3. The molecule has 1 unspecified atom stereocenters. The Bertz CT molecular complexity index is 438. The molecule has 0 aliphatic carbocycles. The first-order chi connectivity index (χ1) is 9.63. The monoisotopic (exact) mass is 340 g/mol. The first kappa shape index (κ1) is 15.8. The number of nitrogens with zero attached hydrogens (tertiary/aromatic N) is 2. The van der Waals surface area contributed by atoms with E-state index in [4.69, 9.17) is 4.74 Å². The average Bonchev–Trinajstić information content (AvgIpc) is 2.62. The highest BCUT2D eigenvalue weighted by Gasteiger charge is 2.22. The highest BCUT2D eigenvalue weighted by atomic mass is 79.9. The molecule has 1 aromatic carbocycles. The molecule has 1 aliphatic heterocycles. The first-order valence-corrected chi connectivity index (χ1v) is 8.18. The van der Waals surface area contributed by atoms with Crippen molar-refractivity contribution in [2.24, 2.45) is 0 Å². The highest BCUT2D eigenvalue weighted by molar-refractivity contribution is 9.10. The first-order valence-electron chi connectivity index (χ1n) is 7.39. The molecule has 1 heterocycles. The van der Waals surface area contributed by atoms with Gasteiger partial charge in [0.2, 0.25) is 0 Å². The highest BCUT2D eigenvalue weighted by Crippen LogP contribution is 2.25. The van der Waals surface area contributed by atoms with Crippen molar-refractivity contribution in [3.05, 3.63) is 28.2 Å². The smallest absolute Gasteiger partial charge is 0.119 e. The number of halogens is 1. The predicted molar refractivity (Wildman–Crippen MR) is 87.3 cm³/mol. The maximum absolute atomic E-state index is 5.35. The molecule has 1 fully saturated rings. The minimum atomic E-state index is 0.639. The Morgan fingerprint density at radius 2 is 2.15 bits per heavy atom. The second kappa shape index (κ2) is 7.43. The van der Waals surface area contributed by atoms with E-state index in [2.05, 4.69) is 51.8 Å². The van der Waals surface area contributed by atoms with Crippen LogP contribution in [0.2, 0.25) is 0 Å². The third-order valence-corrected chi connectivity index (χ3v) is 4.90. The molecule has 1 aliphatic rings. The molecule has 3 nitrogen and oxygen atoms in total. The zero-order valence-corrected chi connectivity index (χ0v) is 14.3. The summed E-state index contributed by atoms with van der Waals surface area (Å²) in [6, 6.07) is 6.87. The van der Waals surface area contributed by atoms with E-state index >= 15 is 0 Å². The van der Waals surface area contributed by atoms with Gasteiger partial charge in [0.1, 0.15) is 5.75 Å². The predicted octanol–water partition coefficient (Wildman–Crippen LogP) is 3.37. The molecule has 0 aromatic heterocycles. The van der Waals surface area contributed by atoms with Crippen molar-refractivity contribution in [3.63, 3.8) is 0 Å². The van der Waals surface area contributed by atoms with E-state index in [1.807, 2.05) is 6.07 Å². The summed E-state index contributed by atoms with van der Waals surface area (Å²) in [4.78, 5) is 5.07. The van der Waals surface area contributed by atoms with Crippen LogP contribution in [0.3, 0.4) is 0 Å². The molecule has 20 heavy (non-hydrogen) atoms. The Balaban J connectivity index is 2.14. The number of ether oxygens (including phenoxy) is 1. The van der Waals surface area contributed by atoms with Gasteiger partial charge in [-0.25, -0.2) is 0 Å². The fraction of sp³-hybridized carbons (Fsp3) is 0.625. The largest absolute Gasteiger partial charge is 0.497 e. The SMILES string of the molecule is CCC1CN(C)CCCN1Cc1cc(OC)ccc1Br. The summed E-state index contributed by atoms with van der Waals surface area (Å²) in [5.41, 5.74) is 1.31. The summed E-state index contributed by atoms with van der Waals surface area (Å²) >= 11 is 3.67. The van der Waals surface area contributed by atoms with E-state index in [1.165, 1.54) is 36.0 Å². The van der Waals surface area contributed by atoms with E-state index in [1.54, 1.807) is 7.11 Å². The van der Waals surface area contributed by atoms with Crippen LogP contribution < -0.4 is 4.74 Å². The van der Waals surface area contributed by atoms with Gasteiger partial charge in [0.15, 0.2) is 0 Å². The molecule has 1 aromatic rings. The second-order valence-corrected chi connectivity index (χ2v) is 6.46. The van der Waals surface area contributed by atoms with E-state index in [0.29, 0.717) is 6.04 Å². The molecular formula is C16H25BrN2O. The van der Waals surface area contributed by atoms with Gasteiger partial charge in [0.05, 0.1) is 7.11 Å². The second-order valence-electron chi connectivity index (χ2n) is 5.61. The standard InChI is InChI=1S/C16H25BrN2O/c1-4-14-12-18(2)8-5-9-19(14)11-13-10-15(20-3)6-7-16(13)17/h6-7,10,14H,4-5,8-9,11-12H2,1-3H3. The number of benzene rings is 1. The van der Waals surface area contributed by atoms with E-state index in [9.17, 15) is 0 Å². The van der Waals surface area contributed by atoms with Gasteiger partial charge in [-0.15, -0.1) is 0 Å². The van der Waals surface area contributed by atoms with Gasteiger partial charge in [0.25, 0.3) is 0 Å². The van der Waals surface area contributed by atoms with Crippen molar-refractivity contribution in [3.8, 4) is 5.75 Å². The van der Waals surface area contributed by atoms with Gasteiger partial charge in [-0.3, -0.25) is 4.90 Å². The third-order valence-electron chi connectivity index (χ3n) is 4.12. The Morgan fingerprint density at radius 3 is 2.85 bits per heavy atom. The van der Waals surface area contributed by atoms with E-state index < -0.39 is 0 Å². The third kappa shape index (κ3) is 3.96. The van der Waals surface area contributed by atoms with Gasteiger partial charge >= 0.3 is 0 Å². The van der Waals surface area contributed by atoms with Gasteiger partial charge in [-0.2, -0.15) is 0 Å². The van der Waals surface area contributed by atoms with Gasteiger partial charge in [0, 0.05) is 30.1 Å². The Labute approximate surface area is 131 Å². The van der Waals surface area contributed by atoms with Gasteiger partial charge in [-0.1, -0.05) is 22.9 Å². The minimum Gasteiger partial charge on any atom is -0.497 e. The van der Waals surface area contributed by atoms with Crippen molar-refractivity contribution in [1.82, 2.24) is 9.80 Å². The van der Waals surface area contributed by atoms with E-state index in [-0.39, 0.29) is 0 Å². The average molecular weight is 341 g/mol. The molecule has 0 N–H and O–H groups in total. The van der Waals surface area contributed by atoms with Gasteiger partial charge in [-0.05, 0) is 50.2 Å². The van der Waals surface area contributed by atoms with Crippen LogP contribution >= 0.6 is 15.9 Å². The molecule has 0 saturated carbocycles. The summed E-state index contributed by atoms with van der Waals surface area (Å²) in [5.74, 6) is 0.934. The zero-order valence-electron chi connectivity index (χ0n) is 12.7. The maximum Gasteiger partial charge on any atom is 0.119 e. The molecule has 112 valence electrons. The molecule has 0 radical (unpaired) electrons. The van der Waals surface area contributed by atoms with Crippen LogP contribution in [0.25, 0.3) is 0 Å². The van der Waals surface area contributed by atoms with E-state index in [0.717, 1.165) is 18.8 Å². The van der Waals surface area contributed by atoms with Crippen LogP contribution in [-0.4, -0.2) is 49.6 Å². The van der Waals surface area contributed by atoms with Crippen LogP contribution in [0.5, 0.6) is 5.75 Å². The maximum atomic E-state index is 5.35. The molecule has 2 rings (SSSR count). The minimum absolute atomic E-state index is 0.639. The quantitative estimate of drug-likeness (QED) is 0.835. The van der Waals surface area contributed by atoms with Crippen molar-refractivity contribution in [2.75, 3.05) is 33.8 Å². The van der Waals surface area contributed by atoms with Crippen LogP contribution in [0.15, 0.2) is 22.7 Å². The normalized spacial score (nSPS) is 21.7. The molecule has 0 spiro atoms. The fourth-order valence-electron chi connectivity index (χ4n) is 2.91. The lowest BCUT2D eigenvalue weighted by Crippen LogP contribution is -2.39. The number of rotatable bonds is 4. The van der Waals surface area contributed by atoms with Crippen molar-refractivity contribution >= 4 is 15.9 Å².